The SMILES string of the molecule is CCOCCNc1ncnc(NC(C)c2ccccc2)n1. The van der Waals surface area contributed by atoms with Gasteiger partial charge in [0.15, 0.2) is 0 Å². The molecule has 21 heavy (non-hydrogen) atoms. The Morgan fingerprint density at radius 1 is 1.14 bits per heavy atom. The Labute approximate surface area is 125 Å². The first-order valence-corrected chi connectivity index (χ1v) is 7.11. The largest absolute Gasteiger partial charge is 0.380 e. The molecule has 0 bridgehead atoms. The number of aromatic nitrogens is 3. The molecule has 1 unspecified atom stereocenters. The molecule has 2 rings (SSSR count). The maximum absolute atomic E-state index is 5.26. The van der Waals surface area contributed by atoms with Crippen molar-refractivity contribution in [2.75, 3.05) is 30.4 Å². The molecule has 0 saturated carbocycles. The molecule has 6 heteroatoms. The summed E-state index contributed by atoms with van der Waals surface area (Å²) in [6, 6.07) is 10.3. The van der Waals surface area contributed by atoms with Gasteiger partial charge in [0.2, 0.25) is 11.9 Å². The molecule has 6 nitrogen and oxygen atoms in total. The fourth-order valence-corrected chi connectivity index (χ4v) is 1.85. The van der Waals surface area contributed by atoms with Crippen molar-refractivity contribution >= 4 is 11.9 Å². The van der Waals surface area contributed by atoms with Crippen molar-refractivity contribution < 1.29 is 4.74 Å². The minimum absolute atomic E-state index is 0.130. The molecule has 0 fully saturated rings. The van der Waals surface area contributed by atoms with Crippen LogP contribution in [0.4, 0.5) is 11.9 Å². The summed E-state index contributed by atoms with van der Waals surface area (Å²) in [6.07, 6.45) is 1.50. The smallest absolute Gasteiger partial charge is 0.227 e. The molecule has 0 amide bonds. The molecule has 0 radical (unpaired) electrons. The second-order valence-corrected chi connectivity index (χ2v) is 4.53. The van der Waals surface area contributed by atoms with Crippen molar-refractivity contribution in [3.63, 3.8) is 0 Å². The van der Waals surface area contributed by atoms with Crippen LogP contribution in [0.2, 0.25) is 0 Å². The van der Waals surface area contributed by atoms with E-state index in [1.54, 1.807) is 0 Å². The van der Waals surface area contributed by atoms with E-state index in [0.29, 0.717) is 31.7 Å². The van der Waals surface area contributed by atoms with Gasteiger partial charge in [-0.25, -0.2) is 9.97 Å². The average Bonchev–Trinajstić information content (AvgIpc) is 2.53. The van der Waals surface area contributed by atoms with Crippen LogP contribution in [0, 0.1) is 0 Å². The van der Waals surface area contributed by atoms with E-state index in [9.17, 15) is 0 Å². The van der Waals surface area contributed by atoms with Crippen LogP contribution >= 0.6 is 0 Å². The maximum atomic E-state index is 5.26. The van der Waals surface area contributed by atoms with Gasteiger partial charge in [-0.05, 0) is 19.4 Å². The van der Waals surface area contributed by atoms with Crippen LogP contribution in [0.15, 0.2) is 36.7 Å². The number of nitrogens with zero attached hydrogens (tertiary/aromatic N) is 3. The Morgan fingerprint density at radius 2 is 1.90 bits per heavy atom. The lowest BCUT2D eigenvalue weighted by Crippen LogP contribution is -2.14. The van der Waals surface area contributed by atoms with Gasteiger partial charge in [0.1, 0.15) is 6.33 Å². The van der Waals surface area contributed by atoms with Crippen molar-refractivity contribution in [2.24, 2.45) is 0 Å². The van der Waals surface area contributed by atoms with Gasteiger partial charge in [0.05, 0.1) is 12.6 Å². The lowest BCUT2D eigenvalue weighted by molar-refractivity contribution is 0.158. The van der Waals surface area contributed by atoms with E-state index in [0.717, 1.165) is 0 Å². The van der Waals surface area contributed by atoms with Crippen molar-refractivity contribution in [1.29, 1.82) is 0 Å². The Bertz CT molecular complexity index is 535. The van der Waals surface area contributed by atoms with E-state index in [4.69, 9.17) is 4.74 Å². The predicted octanol–water partition coefficient (Wildman–Crippen LogP) is 2.49. The fraction of sp³-hybridized carbons (Fsp3) is 0.400. The van der Waals surface area contributed by atoms with Crippen LogP contribution in [-0.4, -0.2) is 34.7 Å². The molecule has 2 aromatic rings. The molecule has 2 N–H and O–H groups in total. The fourth-order valence-electron chi connectivity index (χ4n) is 1.85. The summed E-state index contributed by atoms with van der Waals surface area (Å²) >= 11 is 0. The van der Waals surface area contributed by atoms with Crippen LogP contribution in [-0.2, 0) is 4.74 Å². The number of anilines is 2. The van der Waals surface area contributed by atoms with E-state index in [2.05, 4.69) is 44.6 Å². The van der Waals surface area contributed by atoms with Gasteiger partial charge in [0, 0.05) is 13.2 Å². The summed E-state index contributed by atoms with van der Waals surface area (Å²) < 4.78 is 5.26. The van der Waals surface area contributed by atoms with Crippen LogP contribution in [0.1, 0.15) is 25.5 Å². The first-order chi connectivity index (χ1) is 10.3. The molecule has 1 atom stereocenters. The monoisotopic (exact) mass is 287 g/mol. The summed E-state index contributed by atoms with van der Waals surface area (Å²) in [5.41, 5.74) is 1.18. The molecule has 0 saturated heterocycles. The van der Waals surface area contributed by atoms with E-state index in [1.165, 1.54) is 11.9 Å². The van der Waals surface area contributed by atoms with Crippen LogP contribution in [0.5, 0.6) is 0 Å². The second kappa shape index (κ2) is 8.16. The van der Waals surface area contributed by atoms with Crippen molar-refractivity contribution in [3.8, 4) is 0 Å². The quantitative estimate of drug-likeness (QED) is 0.727. The third kappa shape index (κ3) is 5.00. The minimum atomic E-state index is 0.130. The molecule has 112 valence electrons. The van der Waals surface area contributed by atoms with Gasteiger partial charge in [-0.15, -0.1) is 0 Å². The lowest BCUT2D eigenvalue weighted by atomic mass is 10.1. The molecule has 0 aliphatic rings. The number of nitrogens with one attached hydrogen (secondary N) is 2. The molecule has 0 aliphatic carbocycles. The number of benzene rings is 1. The maximum Gasteiger partial charge on any atom is 0.227 e. The zero-order valence-corrected chi connectivity index (χ0v) is 12.4. The number of hydrogen-bond acceptors (Lipinski definition) is 6. The van der Waals surface area contributed by atoms with E-state index in [1.807, 2.05) is 25.1 Å². The highest BCUT2D eigenvalue weighted by molar-refractivity contribution is 5.35. The molecule has 1 aromatic heterocycles. The van der Waals surface area contributed by atoms with Crippen LogP contribution in [0.25, 0.3) is 0 Å². The van der Waals surface area contributed by atoms with Gasteiger partial charge >= 0.3 is 0 Å². The summed E-state index contributed by atoms with van der Waals surface area (Å²) in [5, 5.41) is 6.37. The van der Waals surface area contributed by atoms with Crippen molar-refractivity contribution in [1.82, 2.24) is 15.0 Å². The van der Waals surface area contributed by atoms with Gasteiger partial charge in [-0.1, -0.05) is 30.3 Å². The number of rotatable bonds is 8. The van der Waals surface area contributed by atoms with E-state index in [-0.39, 0.29) is 6.04 Å². The Kier molecular flexibility index (Phi) is 5.90. The zero-order chi connectivity index (χ0) is 14.9. The van der Waals surface area contributed by atoms with Crippen molar-refractivity contribution in [2.45, 2.75) is 19.9 Å². The molecule has 0 spiro atoms. The molecule has 1 aromatic carbocycles. The third-order valence-corrected chi connectivity index (χ3v) is 2.95. The Hall–Kier alpha value is -2.21. The van der Waals surface area contributed by atoms with E-state index < -0.39 is 0 Å². The number of ether oxygens (including phenoxy) is 1. The van der Waals surface area contributed by atoms with Crippen LogP contribution < -0.4 is 10.6 Å². The minimum Gasteiger partial charge on any atom is -0.380 e. The van der Waals surface area contributed by atoms with Gasteiger partial charge < -0.3 is 15.4 Å². The number of hydrogen-bond donors (Lipinski definition) is 2. The highest BCUT2D eigenvalue weighted by Crippen LogP contribution is 2.16. The second-order valence-electron chi connectivity index (χ2n) is 4.53. The molecule has 0 aliphatic heterocycles. The standard InChI is InChI=1S/C15H21N5O/c1-3-21-10-9-16-14-17-11-18-15(20-14)19-12(2)13-7-5-4-6-8-13/h4-8,11-12H,3,9-10H2,1-2H3,(H2,16,17,18,19,20). The Balaban J connectivity index is 1.91. The summed E-state index contributed by atoms with van der Waals surface area (Å²) in [4.78, 5) is 12.6. The Morgan fingerprint density at radius 3 is 2.67 bits per heavy atom. The van der Waals surface area contributed by atoms with Gasteiger partial charge in [-0.3, -0.25) is 0 Å². The first-order valence-electron chi connectivity index (χ1n) is 7.11. The highest BCUT2D eigenvalue weighted by Gasteiger charge is 2.07. The highest BCUT2D eigenvalue weighted by atomic mass is 16.5. The summed E-state index contributed by atoms with van der Waals surface area (Å²) in [7, 11) is 0. The van der Waals surface area contributed by atoms with Gasteiger partial charge in [-0.2, -0.15) is 4.98 Å². The van der Waals surface area contributed by atoms with Gasteiger partial charge in [0.25, 0.3) is 0 Å². The normalized spacial score (nSPS) is 11.9. The zero-order valence-electron chi connectivity index (χ0n) is 12.4. The average molecular weight is 287 g/mol. The molecule has 1 heterocycles. The third-order valence-electron chi connectivity index (χ3n) is 2.95. The summed E-state index contributed by atoms with van der Waals surface area (Å²) in [5.74, 6) is 1.10. The van der Waals surface area contributed by atoms with Crippen LogP contribution in [0.3, 0.4) is 0 Å². The summed E-state index contributed by atoms with van der Waals surface area (Å²) in [6.45, 7) is 6.05. The van der Waals surface area contributed by atoms with E-state index >= 15 is 0 Å². The predicted molar refractivity (Wildman–Crippen MR) is 83.3 cm³/mol. The first kappa shape index (κ1) is 15.2. The molecular weight excluding hydrogens is 266 g/mol. The lowest BCUT2D eigenvalue weighted by Gasteiger charge is -2.14. The molecular formula is C15H21N5O. The topological polar surface area (TPSA) is 72.0 Å². The van der Waals surface area contributed by atoms with Crippen molar-refractivity contribution in [3.05, 3.63) is 42.2 Å².